The van der Waals surface area contributed by atoms with Gasteiger partial charge in [-0.3, -0.25) is 9.59 Å². The van der Waals surface area contributed by atoms with Crippen LogP contribution < -0.4 is 10.6 Å². The third kappa shape index (κ3) is 3.95. The standard InChI is InChI=1S/C18H18F2N2O2/c1-10(2)13-6-4-5-11(3)16(13)22-18(24)17(23)21-12-7-8-14(19)15(20)9-12/h4-10H,1-3H3,(H,21,23)(H,22,24). The van der Waals surface area contributed by atoms with Gasteiger partial charge in [0.1, 0.15) is 0 Å². The fourth-order valence-corrected chi connectivity index (χ4v) is 2.27. The topological polar surface area (TPSA) is 58.2 Å². The van der Waals surface area contributed by atoms with Crippen molar-refractivity contribution in [3.05, 3.63) is 59.2 Å². The van der Waals surface area contributed by atoms with E-state index in [9.17, 15) is 18.4 Å². The van der Waals surface area contributed by atoms with E-state index in [1.165, 1.54) is 6.07 Å². The Morgan fingerprint density at radius 2 is 1.62 bits per heavy atom. The molecule has 0 aliphatic heterocycles. The molecule has 4 nitrogen and oxygen atoms in total. The van der Waals surface area contributed by atoms with Gasteiger partial charge >= 0.3 is 11.8 Å². The summed E-state index contributed by atoms with van der Waals surface area (Å²) in [5.74, 6) is -3.81. The molecule has 6 heteroatoms. The predicted molar refractivity (Wildman–Crippen MR) is 88.9 cm³/mol. The zero-order valence-corrected chi connectivity index (χ0v) is 13.6. The van der Waals surface area contributed by atoms with Crippen LogP contribution in [-0.4, -0.2) is 11.8 Å². The van der Waals surface area contributed by atoms with Crippen molar-refractivity contribution in [3.8, 4) is 0 Å². The third-order valence-corrected chi connectivity index (χ3v) is 3.55. The van der Waals surface area contributed by atoms with Crippen molar-refractivity contribution < 1.29 is 18.4 Å². The molecule has 0 saturated carbocycles. The largest absolute Gasteiger partial charge is 0.318 e. The second-order valence-electron chi connectivity index (χ2n) is 5.73. The molecule has 0 aliphatic carbocycles. The number of aryl methyl sites for hydroxylation is 1. The smallest absolute Gasteiger partial charge is 0.314 e. The Hall–Kier alpha value is -2.76. The molecule has 2 aromatic rings. The van der Waals surface area contributed by atoms with Gasteiger partial charge in [-0.15, -0.1) is 0 Å². The lowest BCUT2D eigenvalue weighted by Crippen LogP contribution is -2.30. The molecule has 2 aromatic carbocycles. The van der Waals surface area contributed by atoms with E-state index in [-0.39, 0.29) is 11.6 Å². The van der Waals surface area contributed by atoms with Crippen LogP contribution in [0.25, 0.3) is 0 Å². The van der Waals surface area contributed by atoms with Gasteiger partial charge in [-0.2, -0.15) is 0 Å². The summed E-state index contributed by atoms with van der Waals surface area (Å²) in [5.41, 5.74) is 2.32. The summed E-state index contributed by atoms with van der Waals surface area (Å²) in [6.07, 6.45) is 0. The maximum absolute atomic E-state index is 13.1. The summed E-state index contributed by atoms with van der Waals surface area (Å²) in [7, 11) is 0. The molecule has 0 atom stereocenters. The molecular formula is C18H18F2N2O2. The van der Waals surface area contributed by atoms with Crippen LogP contribution in [0.2, 0.25) is 0 Å². The number of benzene rings is 2. The van der Waals surface area contributed by atoms with Gasteiger partial charge in [-0.1, -0.05) is 32.0 Å². The van der Waals surface area contributed by atoms with Crippen molar-refractivity contribution in [2.24, 2.45) is 0 Å². The molecule has 24 heavy (non-hydrogen) atoms. The maximum atomic E-state index is 13.1. The average molecular weight is 332 g/mol. The highest BCUT2D eigenvalue weighted by molar-refractivity contribution is 6.43. The molecule has 2 rings (SSSR count). The highest BCUT2D eigenvalue weighted by Crippen LogP contribution is 2.27. The predicted octanol–water partition coefficient (Wildman–Crippen LogP) is 3.97. The minimum Gasteiger partial charge on any atom is -0.318 e. The number of rotatable bonds is 3. The number of anilines is 2. The molecule has 0 aromatic heterocycles. The average Bonchev–Trinajstić information content (AvgIpc) is 2.52. The first-order valence-electron chi connectivity index (χ1n) is 7.46. The number of para-hydroxylation sites is 1. The summed E-state index contributed by atoms with van der Waals surface area (Å²) >= 11 is 0. The van der Waals surface area contributed by atoms with Crippen molar-refractivity contribution in [2.75, 3.05) is 10.6 Å². The van der Waals surface area contributed by atoms with Crippen LogP contribution in [0.5, 0.6) is 0 Å². The van der Waals surface area contributed by atoms with Crippen LogP contribution in [-0.2, 0) is 9.59 Å². The van der Waals surface area contributed by atoms with Crippen LogP contribution >= 0.6 is 0 Å². The van der Waals surface area contributed by atoms with Gasteiger partial charge in [0.2, 0.25) is 0 Å². The van der Waals surface area contributed by atoms with Crippen LogP contribution in [0, 0.1) is 18.6 Å². The van der Waals surface area contributed by atoms with E-state index in [1.807, 2.05) is 39.0 Å². The van der Waals surface area contributed by atoms with Gasteiger partial charge in [0.15, 0.2) is 11.6 Å². The number of halogens is 2. The fourth-order valence-electron chi connectivity index (χ4n) is 2.27. The number of carbonyl (C=O) groups is 2. The summed E-state index contributed by atoms with van der Waals surface area (Å²) in [6, 6.07) is 8.45. The lowest BCUT2D eigenvalue weighted by molar-refractivity contribution is -0.133. The molecule has 0 unspecified atom stereocenters. The van der Waals surface area contributed by atoms with E-state index >= 15 is 0 Å². The molecule has 0 aliphatic rings. The van der Waals surface area contributed by atoms with Gasteiger partial charge < -0.3 is 10.6 Å². The van der Waals surface area contributed by atoms with Crippen LogP contribution in [0.4, 0.5) is 20.2 Å². The van der Waals surface area contributed by atoms with E-state index in [4.69, 9.17) is 0 Å². The highest BCUT2D eigenvalue weighted by Gasteiger charge is 2.18. The van der Waals surface area contributed by atoms with Crippen molar-refractivity contribution in [1.29, 1.82) is 0 Å². The molecule has 2 amide bonds. The maximum Gasteiger partial charge on any atom is 0.314 e. The van der Waals surface area contributed by atoms with Crippen LogP contribution in [0.15, 0.2) is 36.4 Å². The molecule has 2 N–H and O–H groups in total. The Labute approximate surface area is 138 Å². The summed E-state index contributed by atoms with van der Waals surface area (Å²) < 4.78 is 26.0. The van der Waals surface area contributed by atoms with Gasteiger partial charge in [-0.25, -0.2) is 8.78 Å². The SMILES string of the molecule is Cc1cccc(C(C)C)c1NC(=O)C(=O)Nc1ccc(F)c(F)c1. The number of hydrogen-bond acceptors (Lipinski definition) is 2. The van der Waals surface area contributed by atoms with Gasteiger partial charge in [-0.05, 0) is 36.1 Å². The lowest BCUT2D eigenvalue weighted by atomic mass is 9.98. The van der Waals surface area contributed by atoms with Crippen molar-refractivity contribution >= 4 is 23.2 Å². The van der Waals surface area contributed by atoms with E-state index < -0.39 is 23.4 Å². The quantitative estimate of drug-likeness (QED) is 0.836. The molecule has 126 valence electrons. The third-order valence-electron chi connectivity index (χ3n) is 3.55. The zero-order chi connectivity index (χ0) is 17.9. The van der Waals surface area contributed by atoms with Gasteiger partial charge in [0.05, 0.1) is 0 Å². The van der Waals surface area contributed by atoms with Crippen molar-refractivity contribution in [3.63, 3.8) is 0 Å². The Kier molecular flexibility index (Phi) is 5.28. The molecule has 0 radical (unpaired) electrons. The van der Waals surface area contributed by atoms with Crippen molar-refractivity contribution in [1.82, 2.24) is 0 Å². The number of carbonyl (C=O) groups excluding carboxylic acids is 2. The summed E-state index contributed by atoms with van der Waals surface area (Å²) in [4.78, 5) is 24.1. The number of nitrogens with one attached hydrogen (secondary N) is 2. The van der Waals surface area contributed by atoms with Gasteiger partial charge in [0.25, 0.3) is 0 Å². The minimum atomic E-state index is -1.10. The number of hydrogen-bond donors (Lipinski definition) is 2. The summed E-state index contributed by atoms with van der Waals surface area (Å²) in [5, 5.41) is 4.83. The molecular weight excluding hydrogens is 314 g/mol. The van der Waals surface area contributed by atoms with Gasteiger partial charge in [0, 0.05) is 17.4 Å². The minimum absolute atomic E-state index is 0.00270. The lowest BCUT2D eigenvalue weighted by Gasteiger charge is -2.16. The van der Waals surface area contributed by atoms with E-state index in [1.54, 1.807) is 0 Å². The normalized spacial score (nSPS) is 10.6. The second-order valence-corrected chi connectivity index (χ2v) is 5.73. The van der Waals surface area contributed by atoms with Crippen molar-refractivity contribution in [2.45, 2.75) is 26.7 Å². The molecule has 0 heterocycles. The molecule has 0 spiro atoms. The fraction of sp³-hybridized carbons (Fsp3) is 0.222. The molecule has 0 saturated heterocycles. The van der Waals surface area contributed by atoms with E-state index in [0.29, 0.717) is 5.69 Å². The monoisotopic (exact) mass is 332 g/mol. The van der Waals surface area contributed by atoms with Crippen LogP contribution in [0.3, 0.4) is 0 Å². The van der Waals surface area contributed by atoms with E-state index in [0.717, 1.165) is 23.3 Å². The zero-order valence-electron chi connectivity index (χ0n) is 13.6. The Bertz CT molecular complexity index is 789. The first-order chi connectivity index (χ1) is 11.3. The first-order valence-corrected chi connectivity index (χ1v) is 7.46. The molecule has 0 bridgehead atoms. The molecule has 0 fully saturated rings. The Balaban J connectivity index is 2.15. The van der Waals surface area contributed by atoms with Crippen LogP contribution in [0.1, 0.15) is 30.9 Å². The van der Waals surface area contributed by atoms with E-state index in [2.05, 4.69) is 10.6 Å². The summed E-state index contributed by atoms with van der Waals surface area (Å²) in [6.45, 7) is 5.78. The Morgan fingerprint density at radius 1 is 0.958 bits per heavy atom. The first kappa shape index (κ1) is 17.6. The Morgan fingerprint density at radius 3 is 2.25 bits per heavy atom. The second kappa shape index (κ2) is 7.21. The highest BCUT2D eigenvalue weighted by atomic mass is 19.2. The number of amides is 2.